The van der Waals surface area contributed by atoms with Crippen LogP contribution in [-0.2, 0) is 0 Å². The van der Waals surface area contributed by atoms with E-state index in [4.69, 9.17) is 28.2 Å². The average molecular weight is 430 g/mol. The van der Waals surface area contributed by atoms with Crippen LogP contribution in [0.1, 0.15) is 32.1 Å². The van der Waals surface area contributed by atoms with Crippen molar-refractivity contribution in [3.05, 3.63) is 62.7 Å². The van der Waals surface area contributed by atoms with Gasteiger partial charge in [-0.1, -0.05) is 23.7 Å². The third kappa shape index (κ3) is 4.09. The van der Waals surface area contributed by atoms with Crippen LogP contribution in [-0.4, -0.2) is 11.0 Å². The Bertz CT molecular complexity index is 1130. The lowest BCUT2D eigenvalue weighted by atomic mass is 10.1. The standard InChI is InChI=1S/C20H16ClN3O2S2/c1-10-4-5-13(8-15(10)21)16-6-7-17(26-16)18(25)23-20(27)24-19-14(9-22)11(2)12(3)28-19/h4-8H,1-3H3,(H2,23,24,25,27). The van der Waals surface area contributed by atoms with Gasteiger partial charge in [0.05, 0.1) is 5.56 Å². The Kier molecular flexibility index (Phi) is 5.84. The molecule has 0 aliphatic carbocycles. The molecule has 0 saturated heterocycles. The Balaban J connectivity index is 1.71. The summed E-state index contributed by atoms with van der Waals surface area (Å²) in [6.07, 6.45) is 0. The first-order valence-corrected chi connectivity index (χ1v) is 9.89. The summed E-state index contributed by atoms with van der Waals surface area (Å²) >= 11 is 12.8. The van der Waals surface area contributed by atoms with E-state index < -0.39 is 5.91 Å². The molecule has 2 aromatic heterocycles. The molecular weight excluding hydrogens is 414 g/mol. The lowest BCUT2D eigenvalue weighted by Gasteiger charge is -2.07. The highest BCUT2D eigenvalue weighted by Crippen LogP contribution is 2.31. The molecule has 5 nitrogen and oxygen atoms in total. The molecule has 3 aromatic rings. The van der Waals surface area contributed by atoms with Gasteiger partial charge in [-0.2, -0.15) is 5.26 Å². The summed E-state index contributed by atoms with van der Waals surface area (Å²) in [5.74, 6) is 0.169. The third-order valence-electron chi connectivity index (χ3n) is 4.24. The van der Waals surface area contributed by atoms with Crippen LogP contribution < -0.4 is 10.6 Å². The Labute approximate surface area is 176 Å². The van der Waals surface area contributed by atoms with E-state index in [2.05, 4.69) is 16.7 Å². The van der Waals surface area contributed by atoms with Crippen LogP contribution in [0.2, 0.25) is 5.02 Å². The molecule has 0 aliphatic rings. The minimum Gasteiger partial charge on any atom is -0.451 e. The monoisotopic (exact) mass is 429 g/mol. The number of thiocarbonyl (C=S) groups is 1. The normalized spacial score (nSPS) is 10.4. The zero-order chi connectivity index (χ0) is 20.4. The molecule has 142 valence electrons. The molecule has 3 rings (SSSR count). The molecule has 1 aromatic carbocycles. The highest BCUT2D eigenvalue weighted by Gasteiger charge is 2.17. The second kappa shape index (κ2) is 8.15. The van der Waals surface area contributed by atoms with Gasteiger partial charge in [0.15, 0.2) is 10.9 Å². The van der Waals surface area contributed by atoms with Gasteiger partial charge >= 0.3 is 0 Å². The number of rotatable bonds is 3. The van der Waals surface area contributed by atoms with Gasteiger partial charge in [0.2, 0.25) is 0 Å². The van der Waals surface area contributed by atoms with Crippen LogP contribution in [0, 0.1) is 32.1 Å². The number of amides is 1. The Morgan fingerprint density at radius 2 is 2.00 bits per heavy atom. The fourth-order valence-corrected chi connectivity index (χ4v) is 3.97. The largest absolute Gasteiger partial charge is 0.451 e. The molecular formula is C20H16ClN3O2S2. The maximum atomic E-state index is 12.4. The van der Waals surface area contributed by atoms with E-state index in [1.54, 1.807) is 18.2 Å². The quantitative estimate of drug-likeness (QED) is 0.531. The zero-order valence-electron chi connectivity index (χ0n) is 15.3. The second-order valence-corrected chi connectivity index (χ2v) is 8.18. The molecule has 0 aliphatic heterocycles. The van der Waals surface area contributed by atoms with E-state index in [0.29, 0.717) is 21.3 Å². The highest BCUT2D eigenvalue weighted by molar-refractivity contribution is 7.80. The summed E-state index contributed by atoms with van der Waals surface area (Å²) in [6.45, 7) is 5.71. The molecule has 0 unspecified atom stereocenters. The lowest BCUT2D eigenvalue weighted by molar-refractivity contribution is 0.0951. The van der Waals surface area contributed by atoms with Gasteiger partial charge in [-0.15, -0.1) is 11.3 Å². The highest BCUT2D eigenvalue weighted by atomic mass is 35.5. The summed E-state index contributed by atoms with van der Waals surface area (Å²) < 4.78 is 5.64. The number of furan rings is 1. The molecule has 1 amide bonds. The minimum absolute atomic E-state index is 0.0964. The van der Waals surface area contributed by atoms with Gasteiger partial charge in [-0.05, 0) is 62.3 Å². The first-order valence-electron chi connectivity index (χ1n) is 8.29. The first-order chi connectivity index (χ1) is 13.3. The number of carbonyl (C=O) groups is 1. The minimum atomic E-state index is -0.481. The fourth-order valence-electron chi connectivity index (χ4n) is 2.51. The number of thiophene rings is 1. The molecule has 0 saturated carbocycles. The molecule has 8 heteroatoms. The topological polar surface area (TPSA) is 78.1 Å². The van der Waals surface area contributed by atoms with Crippen molar-refractivity contribution < 1.29 is 9.21 Å². The van der Waals surface area contributed by atoms with E-state index in [1.807, 2.05) is 32.9 Å². The summed E-state index contributed by atoms with van der Waals surface area (Å²) in [6, 6.07) is 11.0. The summed E-state index contributed by atoms with van der Waals surface area (Å²) in [5.41, 5.74) is 3.16. The Morgan fingerprint density at radius 3 is 2.68 bits per heavy atom. The predicted molar refractivity (Wildman–Crippen MR) is 116 cm³/mol. The van der Waals surface area contributed by atoms with Crippen molar-refractivity contribution in [3.8, 4) is 17.4 Å². The number of benzene rings is 1. The van der Waals surface area contributed by atoms with E-state index in [1.165, 1.54) is 11.3 Å². The number of nitriles is 1. The van der Waals surface area contributed by atoms with Crippen molar-refractivity contribution in [1.29, 1.82) is 5.26 Å². The molecule has 0 bridgehead atoms. The number of nitrogens with zero attached hydrogens (tertiary/aromatic N) is 1. The zero-order valence-corrected chi connectivity index (χ0v) is 17.7. The van der Waals surface area contributed by atoms with Gasteiger partial charge in [0.25, 0.3) is 5.91 Å². The molecule has 0 spiro atoms. The van der Waals surface area contributed by atoms with E-state index >= 15 is 0 Å². The van der Waals surface area contributed by atoms with Crippen LogP contribution in [0.25, 0.3) is 11.3 Å². The van der Waals surface area contributed by atoms with Crippen LogP contribution in [0.5, 0.6) is 0 Å². The Morgan fingerprint density at radius 1 is 1.25 bits per heavy atom. The van der Waals surface area contributed by atoms with Gasteiger partial charge in [0, 0.05) is 15.5 Å². The molecule has 0 fully saturated rings. The van der Waals surface area contributed by atoms with Gasteiger partial charge in [-0.3, -0.25) is 10.1 Å². The Hall–Kier alpha value is -2.66. The maximum Gasteiger partial charge on any atom is 0.293 e. The van der Waals surface area contributed by atoms with Crippen molar-refractivity contribution >= 4 is 51.2 Å². The number of carbonyl (C=O) groups excluding carboxylic acids is 1. The lowest BCUT2D eigenvalue weighted by Crippen LogP contribution is -2.33. The predicted octanol–water partition coefficient (Wildman–Crippen LogP) is 5.59. The van der Waals surface area contributed by atoms with Gasteiger partial charge in [-0.25, -0.2) is 0 Å². The molecule has 0 radical (unpaired) electrons. The summed E-state index contributed by atoms with van der Waals surface area (Å²) in [7, 11) is 0. The molecule has 2 N–H and O–H groups in total. The average Bonchev–Trinajstić information content (AvgIpc) is 3.23. The molecule has 0 atom stereocenters. The smallest absolute Gasteiger partial charge is 0.293 e. The van der Waals surface area contributed by atoms with E-state index in [9.17, 15) is 10.1 Å². The van der Waals surface area contributed by atoms with Gasteiger partial charge < -0.3 is 9.73 Å². The summed E-state index contributed by atoms with van der Waals surface area (Å²) in [5, 5.41) is 16.1. The van der Waals surface area contributed by atoms with E-state index in [0.717, 1.165) is 21.6 Å². The van der Waals surface area contributed by atoms with Crippen LogP contribution in [0.4, 0.5) is 5.00 Å². The number of nitrogens with one attached hydrogen (secondary N) is 2. The van der Waals surface area contributed by atoms with Crippen LogP contribution in [0.15, 0.2) is 34.7 Å². The number of halogens is 1. The van der Waals surface area contributed by atoms with Crippen molar-refractivity contribution in [3.63, 3.8) is 0 Å². The van der Waals surface area contributed by atoms with E-state index in [-0.39, 0.29) is 10.9 Å². The number of aryl methyl sites for hydroxylation is 2. The fraction of sp³-hybridized carbons (Fsp3) is 0.150. The van der Waals surface area contributed by atoms with Crippen molar-refractivity contribution in [2.24, 2.45) is 0 Å². The van der Waals surface area contributed by atoms with Crippen LogP contribution >= 0.6 is 35.2 Å². The number of hydrogen-bond acceptors (Lipinski definition) is 5. The van der Waals surface area contributed by atoms with Crippen molar-refractivity contribution in [1.82, 2.24) is 5.32 Å². The van der Waals surface area contributed by atoms with Crippen molar-refractivity contribution in [2.75, 3.05) is 5.32 Å². The van der Waals surface area contributed by atoms with Gasteiger partial charge in [0.1, 0.15) is 16.8 Å². The second-order valence-electron chi connectivity index (χ2n) is 6.14. The van der Waals surface area contributed by atoms with Crippen LogP contribution in [0.3, 0.4) is 0 Å². The third-order valence-corrected chi connectivity index (χ3v) is 5.97. The molecule has 2 heterocycles. The SMILES string of the molecule is Cc1ccc(-c2ccc(C(=O)NC(=S)Nc3sc(C)c(C)c3C#N)o2)cc1Cl. The number of hydrogen-bond donors (Lipinski definition) is 2. The first kappa shape index (κ1) is 20.1. The van der Waals surface area contributed by atoms with Crippen molar-refractivity contribution in [2.45, 2.75) is 20.8 Å². The summed E-state index contributed by atoms with van der Waals surface area (Å²) in [4.78, 5) is 13.4. The maximum absolute atomic E-state index is 12.4. The number of anilines is 1. The molecule has 28 heavy (non-hydrogen) atoms.